The van der Waals surface area contributed by atoms with Gasteiger partial charge in [-0.2, -0.15) is 0 Å². The van der Waals surface area contributed by atoms with Crippen molar-refractivity contribution in [3.63, 3.8) is 0 Å². The van der Waals surface area contributed by atoms with Gasteiger partial charge in [-0.1, -0.05) is 19.8 Å². The molecule has 0 aliphatic rings. The third kappa shape index (κ3) is 4.88. The van der Waals surface area contributed by atoms with Crippen LogP contribution in [0.2, 0.25) is 0 Å². The van der Waals surface area contributed by atoms with E-state index in [0.717, 1.165) is 19.3 Å². The molecule has 1 N–H and O–H groups in total. The van der Waals surface area contributed by atoms with E-state index < -0.39 is 0 Å². The number of unbranched alkanes of at least 4 members (excludes halogenated alkanes) is 2. The molecule has 1 heterocycles. The van der Waals surface area contributed by atoms with E-state index in [9.17, 15) is 4.79 Å². The zero-order chi connectivity index (χ0) is 11.1. The summed E-state index contributed by atoms with van der Waals surface area (Å²) in [6.45, 7) is 2.11. The molecule has 0 atom stereocenters. The lowest BCUT2D eigenvalue weighted by Gasteiger charge is -2.03. The summed E-state index contributed by atoms with van der Waals surface area (Å²) in [5, 5.41) is 2.69. The molecule has 0 bridgehead atoms. The summed E-state index contributed by atoms with van der Waals surface area (Å²) < 4.78 is 0.659. The maximum atomic E-state index is 11.4. The van der Waals surface area contributed by atoms with Crippen LogP contribution in [0.15, 0.2) is 17.0 Å². The number of carbonyl (C=O) groups is 1. The number of hydrogen-bond acceptors (Lipinski definition) is 3. The van der Waals surface area contributed by atoms with Crippen LogP contribution in [0.4, 0.5) is 5.82 Å². The van der Waals surface area contributed by atoms with Crippen molar-refractivity contribution in [2.75, 3.05) is 5.32 Å². The molecule has 0 unspecified atom stereocenters. The van der Waals surface area contributed by atoms with E-state index in [2.05, 4.69) is 38.1 Å². The van der Waals surface area contributed by atoms with E-state index in [-0.39, 0.29) is 5.91 Å². The molecule has 1 rings (SSSR count). The predicted octanol–water partition coefficient (Wildman–Crippen LogP) is 2.76. The topological polar surface area (TPSA) is 54.9 Å². The van der Waals surface area contributed by atoms with Gasteiger partial charge in [0.25, 0.3) is 0 Å². The zero-order valence-electron chi connectivity index (χ0n) is 8.66. The molecule has 15 heavy (non-hydrogen) atoms. The van der Waals surface area contributed by atoms with E-state index in [4.69, 9.17) is 0 Å². The van der Waals surface area contributed by atoms with Crippen molar-refractivity contribution in [3.8, 4) is 0 Å². The Balaban J connectivity index is 2.34. The maximum Gasteiger partial charge on any atom is 0.225 e. The van der Waals surface area contributed by atoms with Crippen molar-refractivity contribution in [1.82, 2.24) is 9.97 Å². The van der Waals surface area contributed by atoms with E-state index in [0.29, 0.717) is 16.8 Å². The van der Waals surface area contributed by atoms with Crippen LogP contribution in [-0.4, -0.2) is 15.9 Å². The van der Waals surface area contributed by atoms with Gasteiger partial charge < -0.3 is 5.32 Å². The van der Waals surface area contributed by atoms with Gasteiger partial charge in [-0.25, -0.2) is 9.97 Å². The first kappa shape index (κ1) is 12.1. The highest BCUT2D eigenvalue weighted by Crippen LogP contribution is 2.07. The van der Waals surface area contributed by atoms with Crippen molar-refractivity contribution in [1.29, 1.82) is 0 Å². The monoisotopic (exact) mass is 271 g/mol. The number of carbonyl (C=O) groups excluding carboxylic acids is 1. The Kier molecular flexibility index (Phi) is 5.25. The van der Waals surface area contributed by atoms with Gasteiger partial charge in [0.1, 0.15) is 4.60 Å². The summed E-state index contributed by atoms with van der Waals surface area (Å²) in [7, 11) is 0. The Labute approximate surface area is 97.6 Å². The Morgan fingerprint density at radius 2 is 2.20 bits per heavy atom. The molecule has 0 saturated carbocycles. The molecule has 1 amide bonds. The largest absolute Gasteiger partial charge is 0.309 e. The van der Waals surface area contributed by atoms with Gasteiger partial charge in [0.2, 0.25) is 5.91 Å². The molecule has 0 saturated heterocycles. The Bertz CT molecular complexity index is 313. The maximum absolute atomic E-state index is 11.4. The van der Waals surface area contributed by atoms with Gasteiger partial charge in [-0.05, 0) is 22.4 Å². The normalized spacial score (nSPS) is 10.0. The van der Waals surface area contributed by atoms with Crippen molar-refractivity contribution in [2.24, 2.45) is 0 Å². The van der Waals surface area contributed by atoms with Gasteiger partial charge in [-0.3, -0.25) is 4.79 Å². The standard InChI is InChI=1S/C10H14BrN3O/c1-2-3-4-5-10(15)14-9-7-12-8(11)6-13-9/h6-7H,2-5H2,1H3,(H,13,14,15). The minimum absolute atomic E-state index is 0.0000671. The number of aromatic nitrogens is 2. The summed E-state index contributed by atoms with van der Waals surface area (Å²) in [6.07, 6.45) is 6.76. The molecule has 0 aromatic carbocycles. The van der Waals surface area contributed by atoms with Crippen LogP contribution >= 0.6 is 15.9 Å². The number of halogens is 1. The fourth-order valence-electron chi connectivity index (χ4n) is 1.12. The second-order valence-electron chi connectivity index (χ2n) is 3.23. The van der Waals surface area contributed by atoms with Crippen molar-refractivity contribution in [2.45, 2.75) is 32.6 Å². The van der Waals surface area contributed by atoms with Crippen LogP contribution in [0.1, 0.15) is 32.6 Å². The first-order chi connectivity index (χ1) is 7.22. The van der Waals surface area contributed by atoms with Gasteiger partial charge in [0, 0.05) is 6.42 Å². The third-order valence-electron chi connectivity index (χ3n) is 1.90. The lowest BCUT2D eigenvalue weighted by atomic mass is 10.2. The van der Waals surface area contributed by atoms with Crippen molar-refractivity contribution >= 4 is 27.7 Å². The van der Waals surface area contributed by atoms with E-state index in [1.807, 2.05) is 0 Å². The van der Waals surface area contributed by atoms with Crippen LogP contribution in [0.25, 0.3) is 0 Å². The van der Waals surface area contributed by atoms with Gasteiger partial charge in [-0.15, -0.1) is 0 Å². The van der Waals surface area contributed by atoms with Crippen LogP contribution in [0.3, 0.4) is 0 Å². The number of rotatable bonds is 5. The molecule has 5 heteroatoms. The summed E-state index contributed by atoms with van der Waals surface area (Å²) >= 11 is 3.18. The Morgan fingerprint density at radius 3 is 2.80 bits per heavy atom. The van der Waals surface area contributed by atoms with Gasteiger partial charge in [0.05, 0.1) is 12.4 Å². The lowest BCUT2D eigenvalue weighted by Crippen LogP contribution is -2.12. The highest BCUT2D eigenvalue weighted by Gasteiger charge is 2.02. The van der Waals surface area contributed by atoms with E-state index in [1.165, 1.54) is 6.20 Å². The number of anilines is 1. The average molecular weight is 272 g/mol. The van der Waals surface area contributed by atoms with Gasteiger partial charge in [0.15, 0.2) is 5.82 Å². The van der Waals surface area contributed by atoms with Crippen molar-refractivity contribution in [3.05, 3.63) is 17.0 Å². The van der Waals surface area contributed by atoms with Crippen molar-refractivity contribution < 1.29 is 4.79 Å². The van der Waals surface area contributed by atoms with E-state index >= 15 is 0 Å². The van der Waals surface area contributed by atoms with Crippen LogP contribution in [0.5, 0.6) is 0 Å². The zero-order valence-corrected chi connectivity index (χ0v) is 10.2. The summed E-state index contributed by atoms with van der Waals surface area (Å²) in [5.41, 5.74) is 0. The molecular weight excluding hydrogens is 258 g/mol. The van der Waals surface area contributed by atoms with E-state index in [1.54, 1.807) is 6.20 Å². The summed E-state index contributed by atoms with van der Waals surface area (Å²) in [4.78, 5) is 19.4. The predicted molar refractivity (Wildman–Crippen MR) is 62.5 cm³/mol. The fourth-order valence-corrected chi connectivity index (χ4v) is 1.32. The lowest BCUT2D eigenvalue weighted by molar-refractivity contribution is -0.116. The molecule has 0 aliphatic carbocycles. The molecule has 1 aromatic heterocycles. The molecule has 1 aromatic rings. The highest BCUT2D eigenvalue weighted by molar-refractivity contribution is 9.10. The number of hydrogen-bond donors (Lipinski definition) is 1. The minimum atomic E-state index is 0.0000671. The second kappa shape index (κ2) is 6.50. The smallest absolute Gasteiger partial charge is 0.225 e. The molecule has 0 aliphatic heterocycles. The molecule has 0 radical (unpaired) electrons. The third-order valence-corrected chi connectivity index (χ3v) is 2.30. The quantitative estimate of drug-likeness (QED) is 0.838. The van der Waals surface area contributed by atoms with Crippen LogP contribution in [-0.2, 0) is 4.79 Å². The fraction of sp³-hybridized carbons (Fsp3) is 0.500. The SMILES string of the molecule is CCCCCC(=O)Nc1cnc(Br)cn1. The molecule has 82 valence electrons. The first-order valence-corrected chi connectivity index (χ1v) is 5.79. The summed E-state index contributed by atoms with van der Waals surface area (Å²) in [5.74, 6) is 0.500. The Morgan fingerprint density at radius 1 is 1.40 bits per heavy atom. The van der Waals surface area contributed by atoms with Crippen LogP contribution < -0.4 is 5.32 Å². The summed E-state index contributed by atoms with van der Waals surface area (Å²) in [6, 6.07) is 0. The molecule has 0 fully saturated rings. The first-order valence-electron chi connectivity index (χ1n) is 4.99. The second-order valence-corrected chi connectivity index (χ2v) is 4.04. The number of nitrogens with one attached hydrogen (secondary N) is 1. The minimum Gasteiger partial charge on any atom is -0.309 e. The Hall–Kier alpha value is -0.970. The number of nitrogens with zero attached hydrogens (tertiary/aromatic N) is 2. The average Bonchev–Trinajstić information content (AvgIpc) is 2.22. The van der Waals surface area contributed by atoms with Gasteiger partial charge >= 0.3 is 0 Å². The molecule has 0 spiro atoms. The molecular formula is C10H14BrN3O. The number of amides is 1. The molecule has 4 nitrogen and oxygen atoms in total. The van der Waals surface area contributed by atoms with Crippen LogP contribution in [0, 0.1) is 0 Å². The highest BCUT2D eigenvalue weighted by atomic mass is 79.9.